The van der Waals surface area contributed by atoms with Crippen molar-refractivity contribution in [2.75, 3.05) is 13.2 Å². The van der Waals surface area contributed by atoms with Gasteiger partial charge in [-0.1, -0.05) is 19.3 Å². The minimum Gasteiger partial charge on any atom is -0.381 e. The van der Waals surface area contributed by atoms with E-state index in [2.05, 4.69) is 15.4 Å². The first-order chi connectivity index (χ1) is 9.79. The molecule has 1 fully saturated rings. The van der Waals surface area contributed by atoms with E-state index in [1.807, 2.05) is 19.3 Å². The summed E-state index contributed by atoms with van der Waals surface area (Å²) in [6.07, 6.45) is 10.8. The number of ether oxygens (including phenoxy) is 1. The maximum absolute atomic E-state index is 5.62. The van der Waals surface area contributed by atoms with Crippen LogP contribution in [-0.2, 0) is 4.74 Å². The summed E-state index contributed by atoms with van der Waals surface area (Å²) in [5.41, 5.74) is 3.90. The Labute approximate surface area is 121 Å². The molecule has 1 atom stereocenters. The zero-order valence-corrected chi connectivity index (χ0v) is 12.3. The Hall–Kier alpha value is -1.04. The number of hydrogen-bond donors (Lipinski definition) is 2. The van der Waals surface area contributed by atoms with Gasteiger partial charge in [0, 0.05) is 25.6 Å². The van der Waals surface area contributed by atoms with E-state index in [4.69, 9.17) is 10.6 Å². The smallest absolute Gasteiger partial charge is 0.146 e. The fourth-order valence-corrected chi connectivity index (χ4v) is 2.69. The third-order valence-corrected chi connectivity index (χ3v) is 4.01. The van der Waals surface area contributed by atoms with Crippen molar-refractivity contribution in [1.82, 2.24) is 15.4 Å². The molecular weight excluding hydrogens is 252 g/mol. The molecule has 2 rings (SSSR count). The van der Waals surface area contributed by atoms with E-state index in [1.54, 1.807) is 0 Å². The van der Waals surface area contributed by atoms with Gasteiger partial charge in [0.1, 0.15) is 5.82 Å². The molecule has 1 aromatic rings. The summed E-state index contributed by atoms with van der Waals surface area (Å²) in [6.45, 7) is 3.87. The Balaban J connectivity index is 1.69. The highest BCUT2D eigenvalue weighted by atomic mass is 16.5. The molecule has 3 N–H and O–H groups in total. The molecule has 1 saturated heterocycles. The van der Waals surface area contributed by atoms with Gasteiger partial charge in [0.15, 0.2) is 0 Å². The van der Waals surface area contributed by atoms with Crippen molar-refractivity contribution in [2.45, 2.75) is 51.5 Å². The molecule has 0 amide bonds. The van der Waals surface area contributed by atoms with Crippen LogP contribution in [0, 0.1) is 12.8 Å². The first-order valence-electron chi connectivity index (χ1n) is 7.62. The Morgan fingerprint density at radius 1 is 1.30 bits per heavy atom. The molecule has 1 aliphatic heterocycles. The first-order valence-corrected chi connectivity index (χ1v) is 7.62. The van der Waals surface area contributed by atoms with Crippen LogP contribution in [0.5, 0.6) is 0 Å². The van der Waals surface area contributed by atoms with E-state index in [0.29, 0.717) is 0 Å². The predicted molar refractivity (Wildman–Crippen MR) is 78.8 cm³/mol. The monoisotopic (exact) mass is 278 g/mol. The second-order valence-corrected chi connectivity index (χ2v) is 5.68. The fraction of sp³-hybridized carbons (Fsp3) is 0.733. The summed E-state index contributed by atoms with van der Waals surface area (Å²) >= 11 is 0. The molecule has 1 aliphatic rings. The molecule has 0 radical (unpaired) electrons. The lowest BCUT2D eigenvalue weighted by Crippen LogP contribution is -2.29. The minimum absolute atomic E-state index is 0.0605. The van der Waals surface area contributed by atoms with Crippen molar-refractivity contribution >= 4 is 0 Å². The standard InChI is InChI=1S/C15H26N4O/c1-12-10-17-15(18-11-12)14(19-16)5-3-2-4-13-6-8-20-9-7-13/h10-11,13-14,19H,2-9,16H2,1H3. The lowest BCUT2D eigenvalue weighted by molar-refractivity contribution is 0.0630. The average molecular weight is 278 g/mol. The number of rotatable bonds is 7. The zero-order valence-electron chi connectivity index (χ0n) is 12.3. The van der Waals surface area contributed by atoms with E-state index in [1.165, 1.54) is 25.7 Å². The molecule has 0 bridgehead atoms. The van der Waals surface area contributed by atoms with Gasteiger partial charge in [-0.3, -0.25) is 5.84 Å². The zero-order chi connectivity index (χ0) is 14.2. The molecule has 0 saturated carbocycles. The van der Waals surface area contributed by atoms with Gasteiger partial charge < -0.3 is 4.74 Å². The van der Waals surface area contributed by atoms with Gasteiger partial charge in [-0.15, -0.1) is 0 Å². The van der Waals surface area contributed by atoms with Crippen LogP contribution in [0.3, 0.4) is 0 Å². The number of nitrogens with two attached hydrogens (primary N) is 1. The molecule has 0 aliphatic carbocycles. The Morgan fingerprint density at radius 2 is 2.00 bits per heavy atom. The normalized spacial score (nSPS) is 18.1. The molecule has 112 valence electrons. The van der Waals surface area contributed by atoms with Crippen LogP contribution in [0.2, 0.25) is 0 Å². The molecule has 2 heterocycles. The van der Waals surface area contributed by atoms with Crippen molar-refractivity contribution in [3.05, 3.63) is 23.8 Å². The van der Waals surface area contributed by atoms with Crippen LogP contribution in [-0.4, -0.2) is 23.2 Å². The molecular formula is C15H26N4O. The summed E-state index contributed by atoms with van der Waals surface area (Å²) in [7, 11) is 0. The largest absolute Gasteiger partial charge is 0.381 e. The van der Waals surface area contributed by atoms with E-state index < -0.39 is 0 Å². The Kier molecular flexibility index (Phi) is 6.36. The van der Waals surface area contributed by atoms with Crippen molar-refractivity contribution in [3.63, 3.8) is 0 Å². The quantitative estimate of drug-likeness (QED) is 0.455. The number of unbranched alkanes of at least 4 members (excludes halogenated alkanes) is 1. The van der Waals surface area contributed by atoms with Gasteiger partial charge in [-0.25, -0.2) is 15.4 Å². The first kappa shape index (κ1) is 15.4. The van der Waals surface area contributed by atoms with Crippen molar-refractivity contribution in [2.24, 2.45) is 11.8 Å². The lowest BCUT2D eigenvalue weighted by Gasteiger charge is -2.22. The van der Waals surface area contributed by atoms with E-state index in [0.717, 1.165) is 43.4 Å². The van der Waals surface area contributed by atoms with Gasteiger partial charge in [0.25, 0.3) is 0 Å². The third-order valence-electron chi connectivity index (χ3n) is 4.01. The fourth-order valence-electron chi connectivity index (χ4n) is 2.69. The van der Waals surface area contributed by atoms with E-state index in [9.17, 15) is 0 Å². The van der Waals surface area contributed by atoms with Crippen LogP contribution in [0.25, 0.3) is 0 Å². The second-order valence-electron chi connectivity index (χ2n) is 5.68. The van der Waals surface area contributed by atoms with Crippen LogP contribution >= 0.6 is 0 Å². The number of aryl methyl sites for hydroxylation is 1. The maximum Gasteiger partial charge on any atom is 0.146 e. The van der Waals surface area contributed by atoms with Crippen LogP contribution in [0.4, 0.5) is 0 Å². The molecule has 5 heteroatoms. The van der Waals surface area contributed by atoms with Crippen LogP contribution in [0.1, 0.15) is 56.0 Å². The predicted octanol–water partition coefficient (Wildman–Crippen LogP) is 2.28. The van der Waals surface area contributed by atoms with Gasteiger partial charge in [-0.05, 0) is 37.7 Å². The van der Waals surface area contributed by atoms with Gasteiger partial charge in [0.05, 0.1) is 6.04 Å². The van der Waals surface area contributed by atoms with Crippen LogP contribution in [0.15, 0.2) is 12.4 Å². The van der Waals surface area contributed by atoms with E-state index >= 15 is 0 Å². The van der Waals surface area contributed by atoms with Crippen molar-refractivity contribution in [3.8, 4) is 0 Å². The van der Waals surface area contributed by atoms with Crippen LogP contribution < -0.4 is 11.3 Å². The van der Waals surface area contributed by atoms with Crippen molar-refractivity contribution < 1.29 is 4.74 Å². The highest BCUT2D eigenvalue weighted by molar-refractivity contribution is 5.04. The summed E-state index contributed by atoms with van der Waals surface area (Å²) in [5, 5.41) is 0. The summed E-state index contributed by atoms with van der Waals surface area (Å²) in [4.78, 5) is 8.70. The maximum atomic E-state index is 5.62. The molecule has 1 unspecified atom stereocenters. The molecule has 1 aromatic heterocycles. The molecule has 5 nitrogen and oxygen atoms in total. The van der Waals surface area contributed by atoms with Gasteiger partial charge in [0.2, 0.25) is 0 Å². The molecule has 0 aromatic carbocycles. The van der Waals surface area contributed by atoms with Gasteiger partial charge >= 0.3 is 0 Å². The second kappa shape index (κ2) is 8.29. The Morgan fingerprint density at radius 3 is 2.65 bits per heavy atom. The van der Waals surface area contributed by atoms with E-state index in [-0.39, 0.29) is 6.04 Å². The highest BCUT2D eigenvalue weighted by Crippen LogP contribution is 2.23. The number of hydrazine groups is 1. The van der Waals surface area contributed by atoms with Crippen molar-refractivity contribution in [1.29, 1.82) is 0 Å². The number of nitrogens with zero attached hydrogens (tertiary/aromatic N) is 2. The topological polar surface area (TPSA) is 73.1 Å². The summed E-state index contributed by atoms with van der Waals surface area (Å²) in [5.74, 6) is 7.27. The lowest BCUT2D eigenvalue weighted by atomic mass is 9.93. The molecule has 0 spiro atoms. The SMILES string of the molecule is Cc1cnc(C(CCCCC2CCOCC2)NN)nc1. The molecule has 20 heavy (non-hydrogen) atoms. The van der Waals surface area contributed by atoms with Gasteiger partial charge in [-0.2, -0.15) is 0 Å². The Bertz CT molecular complexity index is 376. The average Bonchev–Trinajstić information content (AvgIpc) is 2.50. The summed E-state index contributed by atoms with van der Waals surface area (Å²) < 4.78 is 5.39. The minimum atomic E-state index is 0.0605. The number of hydrogen-bond acceptors (Lipinski definition) is 5. The summed E-state index contributed by atoms with van der Waals surface area (Å²) in [6, 6.07) is 0.0605. The number of aromatic nitrogens is 2. The highest BCUT2D eigenvalue weighted by Gasteiger charge is 2.15. The third kappa shape index (κ3) is 4.81. The number of nitrogens with one attached hydrogen (secondary N) is 1.